The second-order valence-corrected chi connectivity index (χ2v) is 5.66. The van der Waals surface area contributed by atoms with Gasteiger partial charge in [0, 0.05) is 11.6 Å². The number of ether oxygens (including phenoxy) is 1. The average molecular weight is 328 g/mol. The molecule has 0 aliphatic carbocycles. The van der Waals surface area contributed by atoms with Gasteiger partial charge in [0.1, 0.15) is 11.4 Å². The average Bonchev–Trinajstić information content (AvgIpc) is 2.68. The van der Waals surface area contributed by atoms with Crippen LogP contribution in [0.3, 0.4) is 0 Å². The molecule has 1 heterocycles. The third-order valence-corrected chi connectivity index (χ3v) is 4.12. The van der Waals surface area contributed by atoms with Crippen LogP contribution in [0.5, 0.6) is 5.75 Å². The lowest BCUT2D eigenvalue weighted by atomic mass is 10.1. The fourth-order valence-corrected chi connectivity index (χ4v) is 2.92. The second-order valence-electron chi connectivity index (χ2n) is 5.66. The molecule has 0 radical (unpaired) electrons. The molecule has 0 N–H and O–H groups in total. The number of hydrogen-bond donors (Lipinski definition) is 0. The van der Waals surface area contributed by atoms with Crippen LogP contribution in [0.1, 0.15) is 0 Å². The van der Waals surface area contributed by atoms with Crippen LogP contribution in [0.15, 0.2) is 83.7 Å². The predicted molar refractivity (Wildman–Crippen MR) is 99.3 cm³/mol. The van der Waals surface area contributed by atoms with Gasteiger partial charge in [0.15, 0.2) is 0 Å². The van der Waals surface area contributed by atoms with Crippen LogP contribution >= 0.6 is 0 Å². The van der Waals surface area contributed by atoms with Crippen LogP contribution in [0.4, 0.5) is 0 Å². The maximum absolute atomic E-state index is 13.2. The van der Waals surface area contributed by atoms with Crippen LogP contribution in [-0.2, 0) is 0 Å². The highest BCUT2D eigenvalue weighted by atomic mass is 16.5. The largest absolute Gasteiger partial charge is 0.497 e. The Morgan fingerprint density at radius 1 is 0.880 bits per heavy atom. The Bertz CT molecular complexity index is 1100. The van der Waals surface area contributed by atoms with Gasteiger partial charge >= 0.3 is 0 Å². The first-order chi connectivity index (χ1) is 12.3. The standard InChI is InChI=1S/C21H16N2O2/c1-25-17-11-7-10-16(14-17)23-19-13-6-5-12-18(19)22-20(21(23)24)15-8-3-2-4-9-15/h2-14H,1H3. The molecule has 122 valence electrons. The third-order valence-electron chi connectivity index (χ3n) is 4.12. The lowest BCUT2D eigenvalue weighted by Gasteiger charge is -2.13. The van der Waals surface area contributed by atoms with Crippen LogP contribution in [-0.4, -0.2) is 16.7 Å². The molecule has 0 saturated heterocycles. The van der Waals surface area contributed by atoms with E-state index in [1.165, 1.54) is 0 Å². The minimum Gasteiger partial charge on any atom is -0.497 e. The molecule has 4 rings (SSSR count). The van der Waals surface area contributed by atoms with E-state index < -0.39 is 0 Å². The number of aromatic nitrogens is 2. The maximum Gasteiger partial charge on any atom is 0.282 e. The highest BCUT2D eigenvalue weighted by molar-refractivity contribution is 5.79. The van der Waals surface area contributed by atoms with Crippen molar-refractivity contribution < 1.29 is 4.74 Å². The molecular formula is C21H16N2O2. The van der Waals surface area contributed by atoms with E-state index in [2.05, 4.69) is 4.98 Å². The summed E-state index contributed by atoms with van der Waals surface area (Å²) in [4.78, 5) is 17.9. The number of para-hydroxylation sites is 2. The van der Waals surface area contributed by atoms with E-state index in [-0.39, 0.29) is 5.56 Å². The molecule has 4 nitrogen and oxygen atoms in total. The van der Waals surface area contributed by atoms with Gasteiger partial charge in [-0.05, 0) is 24.3 Å². The van der Waals surface area contributed by atoms with E-state index in [1.807, 2.05) is 78.9 Å². The molecule has 1 aromatic heterocycles. The Morgan fingerprint density at radius 2 is 1.64 bits per heavy atom. The third kappa shape index (κ3) is 2.68. The molecule has 0 aliphatic rings. The van der Waals surface area contributed by atoms with Gasteiger partial charge in [0.25, 0.3) is 5.56 Å². The summed E-state index contributed by atoms with van der Waals surface area (Å²) in [5.74, 6) is 0.701. The first-order valence-electron chi connectivity index (χ1n) is 7.99. The van der Waals surface area contributed by atoms with Crippen molar-refractivity contribution in [1.82, 2.24) is 9.55 Å². The fourth-order valence-electron chi connectivity index (χ4n) is 2.92. The van der Waals surface area contributed by atoms with Gasteiger partial charge in [-0.3, -0.25) is 9.36 Å². The monoisotopic (exact) mass is 328 g/mol. The minimum atomic E-state index is -0.154. The zero-order chi connectivity index (χ0) is 17.2. The van der Waals surface area contributed by atoms with Crippen molar-refractivity contribution in [1.29, 1.82) is 0 Å². The predicted octanol–water partition coefficient (Wildman–Crippen LogP) is 4.06. The highest BCUT2D eigenvalue weighted by Crippen LogP contribution is 2.22. The quantitative estimate of drug-likeness (QED) is 0.569. The second kappa shape index (κ2) is 6.24. The van der Waals surface area contributed by atoms with Gasteiger partial charge in [0.05, 0.1) is 23.8 Å². The summed E-state index contributed by atoms with van der Waals surface area (Å²) in [6.45, 7) is 0. The van der Waals surface area contributed by atoms with Gasteiger partial charge < -0.3 is 4.74 Å². The van der Waals surface area contributed by atoms with Crippen molar-refractivity contribution in [2.45, 2.75) is 0 Å². The van der Waals surface area contributed by atoms with Crippen LogP contribution in [0, 0.1) is 0 Å². The number of hydrogen-bond acceptors (Lipinski definition) is 3. The van der Waals surface area contributed by atoms with Gasteiger partial charge in [-0.25, -0.2) is 4.98 Å². The summed E-state index contributed by atoms with van der Waals surface area (Å²) in [7, 11) is 1.61. The normalized spacial score (nSPS) is 10.8. The molecule has 0 bridgehead atoms. The lowest BCUT2D eigenvalue weighted by Crippen LogP contribution is -2.22. The van der Waals surface area contributed by atoms with Gasteiger partial charge in [0.2, 0.25) is 0 Å². The number of fused-ring (bicyclic) bond motifs is 1. The fraction of sp³-hybridized carbons (Fsp3) is 0.0476. The van der Waals surface area contributed by atoms with Crippen LogP contribution in [0.25, 0.3) is 28.0 Å². The molecule has 4 heteroatoms. The SMILES string of the molecule is COc1cccc(-n2c(=O)c(-c3ccccc3)nc3ccccc32)c1. The molecule has 25 heavy (non-hydrogen) atoms. The van der Waals surface area contributed by atoms with Crippen molar-refractivity contribution in [3.63, 3.8) is 0 Å². The van der Waals surface area contributed by atoms with Gasteiger partial charge in [-0.15, -0.1) is 0 Å². The Morgan fingerprint density at radius 3 is 2.44 bits per heavy atom. The minimum absolute atomic E-state index is 0.154. The van der Waals surface area contributed by atoms with E-state index in [0.717, 1.165) is 22.3 Å². The molecular weight excluding hydrogens is 312 g/mol. The number of methoxy groups -OCH3 is 1. The smallest absolute Gasteiger partial charge is 0.282 e. The van der Waals surface area contributed by atoms with E-state index in [0.29, 0.717) is 11.4 Å². The van der Waals surface area contributed by atoms with Crippen molar-refractivity contribution in [3.05, 3.63) is 89.2 Å². The molecule has 4 aromatic rings. The van der Waals surface area contributed by atoms with E-state index in [1.54, 1.807) is 11.7 Å². The van der Waals surface area contributed by atoms with Gasteiger partial charge in [-0.2, -0.15) is 0 Å². The molecule has 0 spiro atoms. The van der Waals surface area contributed by atoms with E-state index >= 15 is 0 Å². The van der Waals surface area contributed by atoms with Crippen molar-refractivity contribution in [2.75, 3.05) is 7.11 Å². The molecule has 0 unspecified atom stereocenters. The Balaban J connectivity index is 2.08. The molecule has 3 aromatic carbocycles. The molecule has 0 fully saturated rings. The maximum atomic E-state index is 13.2. The number of rotatable bonds is 3. The zero-order valence-electron chi connectivity index (χ0n) is 13.7. The summed E-state index contributed by atoms with van der Waals surface area (Å²) in [6, 6.07) is 24.6. The topological polar surface area (TPSA) is 44.1 Å². The molecule has 0 saturated carbocycles. The molecule has 0 aliphatic heterocycles. The van der Waals surface area contributed by atoms with Crippen LogP contribution < -0.4 is 10.3 Å². The Hall–Kier alpha value is -3.40. The summed E-state index contributed by atoms with van der Waals surface area (Å²) < 4.78 is 7.00. The molecule has 0 amide bonds. The Kier molecular flexibility index (Phi) is 3.78. The van der Waals surface area contributed by atoms with Gasteiger partial charge in [-0.1, -0.05) is 48.5 Å². The summed E-state index contributed by atoms with van der Waals surface area (Å²) in [5.41, 5.74) is 3.36. The Labute approximate surface area is 145 Å². The lowest BCUT2D eigenvalue weighted by molar-refractivity contribution is 0.414. The van der Waals surface area contributed by atoms with Crippen LogP contribution in [0.2, 0.25) is 0 Å². The summed E-state index contributed by atoms with van der Waals surface area (Å²) in [5, 5.41) is 0. The van der Waals surface area contributed by atoms with E-state index in [4.69, 9.17) is 4.74 Å². The van der Waals surface area contributed by atoms with E-state index in [9.17, 15) is 4.79 Å². The number of benzene rings is 3. The first kappa shape index (κ1) is 15.1. The first-order valence-corrected chi connectivity index (χ1v) is 7.99. The summed E-state index contributed by atoms with van der Waals surface area (Å²) in [6.07, 6.45) is 0. The summed E-state index contributed by atoms with van der Waals surface area (Å²) >= 11 is 0. The van der Waals surface area contributed by atoms with Crippen molar-refractivity contribution in [2.24, 2.45) is 0 Å². The molecule has 0 atom stereocenters. The highest BCUT2D eigenvalue weighted by Gasteiger charge is 2.14. The zero-order valence-corrected chi connectivity index (χ0v) is 13.7. The van der Waals surface area contributed by atoms with Crippen molar-refractivity contribution in [3.8, 4) is 22.7 Å². The number of nitrogens with zero attached hydrogens (tertiary/aromatic N) is 2. The van der Waals surface area contributed by atoms with Crippen molar-refractivity contribution >= 4 is 11.0 Å².